The van der Waals surface area contributed by atoms with Crippen LogP contribution in [0.25, 0.3) is 11.5 Å². The molecule has 0 spiro atoms. The van der Waals surface area contributed by atoms with E-state index in [1.807, 2.05) is 0 Å². The van der Waals surface area contributed by atoms with Crippen molar-refractivity contribution in [1.29, 1.82) is 0 Å². The van der Waals surface area contributed by atoms with Gasteiger partial charge < -0.3 is 10.3 Å². The predicted molar refractivity (Wildman–Crippen MR) is 48.8 cm³/mol. The summed E-state index contributed by atoms with van der Waals surface area (Å²) in [6.07, 6.45) is 0. The zero-order valence-electron chi connectivity index (χ0n) is 7.49. The number of nitrogens with two attached hydrogens (primary N) is 1. The summed E-state index contributed by atoms with van der Waals surface area (Å²) in [4.78, 5) is 3.79. The molecule has 0 aliphatic carbocycles. The first-order chi connectivity index (χ1) is 6.66. The third kappa shape index (κ3) is 1.44. The fourth-order valence-corrected chi connectivity index (χ4v) is 1.08. The first kappa shape index (κ1) is 8.68. The molecule has 0 saturated heterocycles. The average molecular weight is 193 g/mol. The molecule has 2 aromatic rings. The molecule has 4 nitrogen and oxygen atoms in total. The minimum atomic E-state index is -0.306. The second-order valence-electron chi connectivity index (χ2n) is 2.92. The summed E-state index contributed by atoms with van der Waals surface area (Å²) in [6, 6.07) is 4.68. The Labute approximate surface area is 79.5 Å². The summed E-state index contributed by atoms with van der Waals surface area (Å²) in [7, 11) is 0. The topological polar surface area (TPSA) is 64.9 Å². The third-order valence-electron chi connectivity index (χ3n) is 1.86. The number of nitrogen functional groups attached to an aromatic ring is 1. The van der Waals surface area contributed by atoms with E-state index in [9.17, 15) is 4.39 Å². The van der Waals surface area contributed by atoms with Gasteiger partial charge in [-0.3, -0.25) is 0 Å². The average Bonchev–Trinajstić information content (AvgIpc) is 2.57. The number of benzene rings is 1. The minimum Gasteiger partial charge on any atom is -0.365 e. The lowest BCUT2D eigenvalue weighted by Gasteiger charge is -1.97. The normalized spacial score (nSPS) is 10.4. The number of hydrogen-bond acceptors (Lipinski definition) is 4. The SMILES string of the molecule is Cc1ccc(-c2nc(N)no2)cc1F. The number of hydrogen-bond donors (Lipinski definition) is 1. The molecule has 0 atom stereocenters. The molecule has 1 aromatic heterocycles. The van der Waals surface area contributed by atoms with E-state index in [0.29, 0.717) is 11.1 Å². The lowest BCUT2D eigenvalue weighted by atomic mass is 10.1. The molecule has 2 rings (SSSR count). The van der Waals surface area contributed by atoms with E-state index < -0.39 is 0 Å². The van der Waals surface area contributed by atoms with Crippen LogP contribution in [0.3, 0.4) is 0 Å². The maximum atomic E-state index is 13.2. The molecular weight excluding hydrogens is 185 g/mol. The molecule has 1 aromatic carbocycles. The molecule has 1 heterocycles. The molecule has 0 aliphatic heterocycles. The van der Waals surface area contributed by atoms with E-state index in [1.54, 1.807) is 19.1 Å². The summed E-state index contributed by atoms with van der Waals surface area (Å²) in [5.74, 6) is -0.0401. The van der Waals surface area contributed by atoms with Crippen LogP contribution in [-0.2, 0) is 0 Å². The van der Waals surface area contributed by atoms with Crippen molar-refractivity contribution in [2.24, 2.45) is 0 Å². The molecule has 0 amide bonds. The van der Waals surface area contributed by atoms with Crippen molar-refractivity contribution in [2.45, 2.75) is 6.92 Å². The van der Waals surface area contributed by atoms with Gasteiger partial charge in [0.1, 0.15) is 5.82 Å². The highest BCUT2D eigenvalue weighted by Crippen LogP contribution is 2.20. The molecule has 2 N–H and O–H groups in total. The van der Waals surface area contributed by atoms with E-state index in [1.165, 1.54) is 6.07 Å². The summed E-state index contributed by atoms with van der Waals surface area (Å²) in [5.41, 5.74) is 6.37. The van der Waals surface area contributed by atoms with Crippen LogP contribution in [0, 0.1) is 12.7 Å². The van der Waals surface area contributed by atoms with Crippen molar-refractivity contribution in [3.63, 3.8) is 0 Å². The summed E-state index contributed by atoms with van der Waals surface area (Å²) < 4.78 is 17.9. The molecule has 0 saturated carbocycles. The Morgan fingerprint density at radius 1 is 1.43 bits per heavy atom. The maximum Gasteiger partial charge on any atom is 0.261 e. The Balaban J connectivity index is 2.47. The number of aryl methyl sites for hydroxylation is 1. The van der Waals surface area contributed by atoms with E-state index >= 15 is 0 Å². The highest BCUT2D eigenvalue weighted by molar-refractivity contribution is 5.54. The van der Waals surface area contributed by atoms with E-state index in [-0.39, 0.29) is 17.7 Å². The number of aromatic nitrogens is 2. The summed E-state index contributed by atoms with van der Waals surface area (Å²) >= 11 is 0. The van der Waals surface area contributed by atoms with Crippen LogP contribution in [0.5, 0.6) is 0 Å². The highest BCUT2D eigenvalue weighted by Gasteiger charge is 2.08. The fraction of sp³-hybridized carbons (Fsp3) is 0.111. The predicted octanol–water partition coefficient (Wildman–Crippen LogP) is 1.77. The lowest BCUT2D eigenvalue weighted by Crippen LogP contribution is -1.87. The van der Waals surface area contributed by atoms with Crippen LogP contribution >= 0.6 is 0 Å². The maximum absolute atomic E-state index is 13.2. The monoisotopic (exact) mass is 193 g/mol. The molecule has 0 fully saturated rings. The van der Waals surface area contributed by atoms with Gasteiger partial charge in [0.25, 0.3) is 11.8 Å². The first-order valence-corrected chi connectivity index (χ1v) is 4.02. The number of anilines is 1. The van der Waals surface area contributed by atoms with Gasteiger partial charge in [-0.05, 0) is 29.8 Å². The van der Waals surface area contributed by atoms with E-state index in [4.69, 9.17) is 10.3 Å². The molecule has 72 valence electrons. The molecule has 0 radical (unpaired) electrons. The Hall–Kier alpha value is -1.91. The molecule has 0 unspecified atom stereocenters. The van der Waals surface area contributed by atoms with Gasteiger partial charge in [0.15, 0.2) is 0 Å². The summed E-state index contributed by atoms with van der Waals surface area (Å²) in [6.45, 7) is 1.68. The Morgan fingerprint density at radius 2 is 2.21 bits per heavy atom. The minimum absolute atomic E-state index is 0.0426. The smallest absolute Gasteiger partial charge is 0.261 e. The zero-order valence-corrected chi connectivity index (χ0v) is 7.49. The van der Waals surface area contributed by atoms with Crippen LogP contribution in [0.2, 0.25) is 0 Å². The van der Waals surface area contributed by atoms with Crippen molar-refractivity contribution >= 4 is 5.95 Å². The van der Waals surface area contributed by atoms with E-state index in [2.05, 4.69) is 10.1 Å². The van der Waals surface area contributed by atoms with Crippen molar-refractivity contribution in [1.82, 2.24) is 10.1 Å². The Bertz CT molecular complexity index is 467. The zero-order chi connectivity index (χ0) is 10.1. The van der Waals surface area contributed by atoms with Crippen molar-refractivity contribution in [2.75, 3.05) is 5.73 Å². The van der Waals surface area contributed by atoms with Crippen LogP contribution in [0.4, 0.5) is 10.3 Å². The second kappa shape index (κ2) is 3.10. The van der Waals surface area contributed by atoms with Gasteiger partial charge >= 0.3 is 0 Å². The third-order valence-corrected chi connectivity index (χ3v) is 1.86. The van der Waals surface area contributed by atoms with Crippen molar-refractivity contribution in [3.05, 3.63) is 29.6 Å². The van der Waals surface area contributed by atoms with E-state index in [0.717, 1.165) is 0 Å². The largest absolute Gasteiger partial charge is 0.365 e. The first-order valence-electron chi connectivity index (χ1n) is 4.02. The van der Waals surface area contributed by atoms with Crippen LogP contribution < -0.4 is 5.73 Å². The highest BCUT2D eigenvalue weighted by atomic mass is 19.1. The van der Waals surface area contributed by atoms with Gasteiger partial charge in [-0.25, -0.2) is 4.39 Å². The second-order valence-corrected chi connectivity index (χ2v) is 2.92. The van der Waals surface area contributed by atoms with Crippen LogP contribution in [0.1, 0.15) is 5.56 Å². The standard InChI is InChI=1S/C9H8FN3O/c1-5-2-3-6(4-7(5)10)8-12-9(11)13-14-8/h2-4H,1H3,(H2,11,13). The fourth-order valence-electron chi connectivity index (χ4n) is 1.08. The van der Waals surface area contributed by atoms with Crippen LogP contribution in [0.15, 0.2) is 22.7 Å². The molecule has 0 aliphatic rings. The molecule has 5 heteroatoms. The molecular formula is C9H8FN3O. The molecule has 0 bridgehead atoms. The van der Waals surface area contributed by atoms with Gasteiger partial charge in [-0.1, -0.05) is 6.07 Å². The molecule has 14 heavy (non-hydrogen) atoms. The number of rotatable bonds is 1. The van der Waals surface area contributed by atoms with Gasteiger partial charge in [0, 0.05) is 5.56 Å². The van der Waals surface area contributed by atoms with Gasteiger partial charge in [0.2, 0.25) is 0 Å². The number of nitrogens with zero attached hydrogens (tertiary/aromatic N) is 2. The quantitative estimate of drug-likeness (QED) is 0.749. The van der Waals surface area contributed by atoms with Gasteiger partial charge in [-0.2, -0.15) is 4.98 Å². The Kier molecular flexibility index (Phi) is 1.92. The van der Waals surface area contributed by atoms with Crippen LogP contribution in [-0.4, -0.2) is 10.1 Å². The van der Waals surface area contributed by atoms with Gasteiger partial charge in [0.05, 0.1) is 0 Å². The van der Waals surface area contributed by atoms with Crippen molar-refractivity contribution < 1.29 is 8.91 Å². The Morgan fingerprint density at radius 3 is 2.79 bits per heavy atom. The lowest BCUT2D eigenvalue weighted by molar-refractivity contribution is 0.432. The summed E-state index contributed by atoms with van der Waals surface area (Å²) in [5, 5.41) is 3.41. The number of halogens is 1. The van der Waals surface area contributed by atoms with Gasteiger partial charge in [-0.15, -0.1) is 0 Å². The van der Waals surface area contributed by atoms with Crippen molar-refractivity contribution in [3.8, 4) is 11.5 Å².